The van der Waals surface area contributed by atoms with E-state index in [4.69, 9.17) is 9.26 Å². The molecule has 1 aliphatic heterocycles. The Bertz CT molecular complexity index is 795. The van der Waals surface area contributed by atoms with Gasteiger partial charge in [-0.2, -0.15) is 4.98 Å². The van der Waals surface area contributed by atoms with Crippen LogP contribution in [-0.4, -0.2) is 51.3 Å². The Kier molecular flexibility index (Phi) is 6.03. The number of piperazine rings is 1. The maximum Gasteiger partial charge on any atom is 0.410 e. The van der Waals surface area contributed by atoms with E-state index in [0.717, 1.165) is 6.42 Å². The van der Waals surface area contributed by atoms with Crippen molar-refractivity contribution in [2.75, 3.05) is 19.6 Å². The van der Waals surface area contributed by atoms with Crippen LogP contribution in [0.1, 0.15) is 56.6 Å². The molecule has 3 rings (SSSR count). The van der Waals surface area contributed by atoms with Gasteiger partial charge < -0.3 is 14.2 Å². The predicted molar refractivity (Wildman–Crippen MR) is 106 cm³/mol. The lowest BCUT2D eigenvalue weighted by atomic mass is 10.00. The molecule has 0 radical (unpaired) electrons. The van der Waals surface area contributed by atoms with E-state index in [0.29, 0.717) is 37.9 Å². The van der Waals surface area contributed by atoms with E-state index in [1.165, 1.54) is 11.1 Å². The van der Waals surface area contributed by atoms with Gasteiger partial charge in [0.2, 0.25) is 5.89 Å². The maximum atomic E-state index is 12.6. The zero-order valence-electron chi connectivity index (χ0n) is 17.4. The number of benzene rings is 1. The molecule has 152 valence electrons. The SMILES string of the molecule is CCc1ccc([C@H]2CN(C(=O)OC(C)(C)C)CCN2Cc2nc(C)no2)cc1. The topological polar surface area (TPSA) is 71.7 Å². The molecule has 0 N–H and O–H groups in total. The van der Waals surface area contributed by atoms with E-state index < -0.39 is 5.60 Å². The minimum atomic E-state index is -0.506. The van der Waals surface area contributed by atoms with Gasteiger partial charge in [0, 0.05) is 19.6 Å². The Balaban J connectivity index is 1.80. The average Bonchev–Trinajstić information content (AvgIpc) is 3.05. The Morgan fingerprint density at radius 1 is 1.25 bits per heavy atom. The molecule has 0 bridgehead atoms. The van der Waals surface area contributed by atoms with E-state index in [9.17, 15) is 4.79 Å². The standard InChI is InChI=1S/C21H30N4O3/c1-6-16-7-9-17(10-8-16)18-13-25(20(26)27-21(3,4)5)12-11-24(18)14-19-22-15(2)23-28-19/h7-10,18H,6,11-14H2,1-5H3/t18-/m1/s1. The van der Waals surface area contributed by atoms with Crippen LogP contribution in [0.2, 0.25) is 0 Å². The summed E-state index contributed by atoms with van der Waals surface area (Å²) in [7, 11) is 0. The number of amides is 1. The van der Waals surface area contributed by atoms with Crippen LogP contribution >= 0.6 is 0 Å². The molecular formula is C21H30N4O3. The number of carbonyl (C=O) groups is 1. The number of hydrogen-bond acceptors (Lipinski definition) is 6. The Morgan fingerprint density at radius 3 is 2.54 bits per heavy atom. The fraction of sp³-hybridized carbons (Fsp3) is 0.571. The molecule has 1 aliphatic rings. The minimum Gasteiger partial charge on any atom is -0.444 e. The zero-order valence-corrected chi connectivity index (χ0v) is 17.4. The molecular weight excluding hydrogens is 356 g/mol. The highest BCUT2D eigenvalue weighted by atomic mass is 16.6. The molecule has 1 aromatic heterocycles. The number of aryl methyl sites for hydroxylation is 2. The first kappa shape index (κ1) is 20.3. The third-order valence-corrected chi connectivity index (χ3v) is 4.82. The summed E-state index contributed by atoms with van der Waals surface area (Å²) >= 11 is 0. The van der Waals surface area contributed by atoms with E-state index in [1.54, 1.807) is 4.90 Å². The molecule has 0 saturated carbocycles. The largest absolute Gasteiger partial charge is 0.444 e. The Labute approximate surface area is 166 Å². The lowest BCUT2D eigenvalue weighted by Crippen LogP contribution is -2.51. The Hall–Kier alpha value is -2.41. The second-order valence-corrected chi connectivity index (χ2v) is 8.24. The third kappa shape index (κ3) is 5.10. The number of aromatic nitrogens is 2. The highest BCUT2D eigenvalue weighted by Gasteiger charge is 2.33. The first-order chi connectivity index (χ1) is 13.2. The first-order valence-corrected chi connectivity index (χ1v) is 9.85. The van der Waals surface area contributed by atoms with Crippen molar-refractivity contribution in [3.63, 3.8) is 0 Å². The predicted octanol–water partition coefficient (Wildman–Crippen LogP) is 3.73. The second kappa shape index (κ2) is 8.31. The molecule has 0 unspecified atom stereocenters. The molecule has 2 aromatic rings. The fourth-order valence-electron chi connectivity index (χ4n) is 3.37. The third-order valence-electron chi connectivity index (χ3n) is 4.82. The Morgan fingerprint density at radius 2 is 1.96 bits per heavy atom. The van der Waals surface area contributed by atoms with Crippen molar-refractivity contribution in [1.82, 2.24) is 19.9 Å². The lowest BCUT2D eigenvalue weighted by Gasteiger charge is -2.41. The molecule has 1 amide bonds. The van der Waals surface area contributed by atoms with Crippen LogP contribution in [0.4, 0.5) is 4.79 Å². The smallest absolute Gasteiger partial charge is 0.410 e. The normalized spacial score (nSPS) is 18.3. The summed E-state index contributed by atoms with van der Waals surface area (Å²) in [6, 6.07) is 8.63. The summed E-state index contributed by atoms with van der Waals surface area (Å²) in [6.45, 7) is 12.1. The quantitative estimate of drug-likeness (QED) is 0.797. The zero-order chi connectivity index (χ0) is 20.3. The van der Waals surface area contributed by atoms with Gasteiger partial charge in [-0.3, -0.25) is 4.90 Å². The van der Waals surface area contributed by atoms with Crippen molar-refractivity contribution in [2.45, 2.75) is 59.2 Å². The molecule has 0 aliphatic carbocycles. The summed E-state index contributed by atoms with van der Waals surface area (Å²) in [5.74, 6) is 1.23. The van der Waals surface area contributed by atoms with Crippen molar-refractivity contribution < 1.29 is 14.1 Å². The van der Waals surface area contributed by atoms with Gasteiger partial charge in [0.15, 0.2) is 5.82 Å². The molecule has 2 heterocycles. The average molecular weight is 386 g/mol. The number of nitrogens with zero attached hydrogens (tertiary/aromatic N) is 4. The van der Waals surface area contributed by atoms with Crippen LogP contribution in [0.15, 0.2) is 28.8 Å². The molecule has 1 fully saturated rings. The van der Waals surface area contributed by atoms with Gasteiger partial charge in [-0.05, 0) is 45.2 Å². The fourth-order valence-corrected chi connectivity index (χ4v) is 3.37. The van der Waals surface area contributed by atoms with Gasteiger partial charge in [0.05, 0.1) is 12.6 Å². The van der Waals surface area contributed by atoms with Crippen LogP contribution in [0.5, 0.6) is 0 Å². The molecule has 1 saturated heterocycles. The first-order valence-electron chi connectivity index (χ1n) is 9.85. The van der Waals surface area contributed by atoms with Gasteiger partial charge in [-0.25, -0.2) is 4.79 Å². The summed E-state index contributed by atoms with van der Waals surface area (Å²) in [5, 5.41) is 3.89. The van der Waals surface area contributed by atoms with Gasteiger partial charge in [0.25, 0.3) is 0 Å². The van der Waals surface area contributed by atoms with E-state index in [2.05, 4.69) is 46.2 Å². The summed E-state index contributed by atoms with van der Waals surface area (Å²) < 4.78 is 10.9. The molecule has 1 aromatic carbocycles. The van der Waals surface area contributed by atoms with E-state index in [1.807, 2.05) is 27.7 Å². The van der Waals surface area contributed by atoms with Crippen molar-refractivity contribution in [3.05, 3.63) is 47.1 Å². The van der Waals surface area contributed by atoms with Gasteiger partial charge in [0.1, 0.15) is 5.60 Å². The highest BCUT2D eigenvalue weighted by molar-refractivity contribution is 5.68. The molecule has 28 heavy (non-hydrogen) atoms. The second-order valence-electron chi connectivity index (χ2n) is 8.24. The minimum absolute atomic E-state index is 0.0411. The van der Waals surface area contributed by atoms with Gasteiger partial charge in [-0.15, -0.1) is 0 Å². The van der Waals surface area contributed by atoms with Crippen molar-refractivity contribution in [2.24, 2.45) is 0 Å². The van der Waals surface area contributed by atoms with Crippen LogP contribution in [0.3, 0.4) is 0 Å². The lowest BCUT2D eigenvalue weighted by molar-refractivity contribution is 0.000514. The number of ether oxygens (including phenoxy) is 1. The van der Waals surface area contributed by atoms with Crippen molar-refractivity contribution >= 4 is 6.09 Å². The number of hydrogen-bond donors (Lipinski definition) is 0. The molecule has 1 atom stereocenters. The van der Waals surface area contributed by atoms with E-state index >= 15 is 0 Å². The summed E-state index contributed by atoms with van der Waals surface area (Å²) in [6.07, 6.45) is 0.732. The van der Waals surface area contributed by atoms with Gasteiger partial charge >= 0.3 is 6.09 Å². The molecule has 7 heteroatoms. The molecule has 0 spiro atoms. The monoisotopic (exact) mass is 386 g/mol. The summed E-state index contributed by atoms with van der Waals surface area (Å²) in [5.41, 5.74) is 1.96. The van der Waals surface area contributed by atoms with Crippen LogP contribution in [0.25, 0.3) is 0 Å². The van der Waals surface area contributed by atoms with Crippen molar-refractivity contribution in [1.29, 1.82) is 0 Å². The van der Waals surface area contributed by atoms with Crippen LogP contribution in [0, 0.1) is 6.92 Å². The van der Waals surface area contributed by atoms with Crippen LogP contribution in [-0.2, 0) is 17.7 Å². The van der Waals surface area contributed by atoms with Crippen molar-refractivity contribution in [3.8, 4) is 0 Å². The van der Waals surface area contributed by atoms with E-state index in [-0.39, 0.29) is 12.1 Å². The number of rotatable bonds is 4. The van der Waals surface area contributed by atoms with Crippen LogP contribution < -0.4 is 0 Å². The highest BCUT2D eigenvalue weighted by Crippen LogP contribution is 2.28. The van der Waals surface area contributed by atoms with Gasteiger partial charge in [-0.1, -0.05) is 36.3 Å². The maximum absolute atomic E-state index is 12.6. The summed E-state index contributed by atoms with van der Waals surface area (Å²) in [4.78, 5) is 21.0. The number of carbonyl (C=O) groups excluding carboxylic acids is 1. The molecule has 7 nitrogen and oxygen atoms in total.